The van der Waals surface area contributed by atoms with Crippen LogP contribution >= 0.6 is 0 Å². The molecule has 0 radical (unpaired) electrons. The van der Waals surface area contributed by atoms with Crippen LogP contribution in [0.4, 0.5) is 5.82 Å². The molecule has 7 heteroatoms. The topological polar surface area (TPSA) is 100 Å². The predicted molar refractivity (Wildman–Crippen MR) is 52.6 cm³/mol. The molecule has 0 aliphatic heterocycles. The Morgan fingerprint density at radius 3 is 2.93 bits per heavy atom. The average Bonchev–Trinajstić information content (AvgIpc) is 2.62. The number of ether oxygens (including phenoxy) is 2. The third-order valence-electron chi connectivity index (χ3n) is 1.86. The van der Waals surface area contributed by atoms with Crippen LogP contribution in [-0.2, 0) is 0 Å². The molecular formula is C8H12N5O2+. The van der Waals surface area contributed by atoms with Crippen molar-refractivity contribution in [2.45, 2.75) is 6.92 Å². The molecule has 0 saturated heterocycles. The van der Waals surface area contributed by atoms with Crippen LogP contribution in [0.25, 0.3) is 11.2 Å². The molecule has 0 aromatic carbocycles. The van der Waals surface area contributed by atoms with Gasteiger partial charge in [-0.3, -0.25) is 0 Å². The van der Waals surface area contributed by atoms with E-state index >= 15 is 0 Å². The molecule has 0 aliphatic carbocycles. The number of methoxy groups -OCH3 is 1. The Bertz CT molecular complexity index is 481. The molecule has 15 heavy (non-hydrogen) atoms. The van der Waals surface area contributed by atoms with Crippen molar-refractivity contribution in [1.82, 2.24) is 15.0 Å². The van der Waals surface area contributed by atoms with Gasteiger partial charge in [-0.05, 0) is 11.9 Å². The van der Waals surface area contributed by atoms with Crippen molar-refractivity contribution in [3.05, 3.63) is 0 Å². The molecule has 0 fully saturated rings. The largest absolute Gasteiger partial charge is 0.451 e. The fraction of sp³-hybridized carbons (Fsp3) is 0.375. The lowest BCUT2D eigenvalue weighted by atomic mass is 10.5. The van der Waals surface area contributed by atoms with Crippen molar-refractivity contribution in [1.29, 1.82) is 0 Å². The molecule has 0 unspecified atom stereocenters. The lowest BCUT2D eigenvalue weighted by molar-refractivity contribution is -0.364. The van der Waals surface area contributed by atoms with Crippen LogP contribution in [0.5, 0.6) is 12.0 Å². The first-order valence-corrected chi connectivity index (χ1v) is 4.50. The van der Waals surface area contributed by atoms with E-state index in [-0.39, 0.29) is 6.01 Å². The Balaban J connectivity index is 2.54. The number of hydrogen-bond donors (Lipinski definition) is 2. The van der Waals surface area contributed by atoms with Crippen molar-refractivity contribution < 1.29 is 14.5 Å². The molecule has 7 nitrogen and oxygen atoms in total. The van der Waals surface area contributed by atoms with E-state index in [0.29, 0.717) is 29.6 Å². The summed E-state index contributed by atoms with van der Waals surface area (Å²) in [7, 11) is 1.54. The van der Waals surface area contributed by atoms with Gasteiger partial charge in [0.25, 0.3) is 0 Å². The fourth-order valence-corrected chi connectivity index (χ4v) is 1.22. The Kier molecular flexibility index (Phi) is 2.28. The van der Waals surface area contributed by atoms with Gasteiger partial charge in [0, 0.05) is 0 Å². The standard InChI is InChI=1S/C8H11N5O2/c1-3-15-8-11-5(9)4-6(13-8)12-7(10-4)14-2/h3H2,1-2H3,(H3,9,10,11,12,13)/p+1. The van der Waals surface area contributed by atoms with E-state index in [1.54, 1.807) is 0 Å². The summed E-state index contributed by atoms with van der Waals surface area (Å²) in [5.74, 6) is 0.322. The molecule has 0 aliphatic rings. The second-order valence-electron chi connectivity index (χ2n) is 2.83. The second kappa shape index (κ2) is 3.60. The maximum atomic E-state index is 5.72. The average molecular weight is 210 g/mol. The van der Waals surface area contributed by atoms with Crippen LogP contribution in [0, 0.1) is 0 Å². The lowest BCUT2D eigenvalue weighted by Gasteiger charge is -1.96. The summed E-state index contributed by atoms with van der Waals surface area (Å²) in [6, 6.07) is 0.722. The minimum absolute atomic E-state index is 0.250. The number of aromatic nitrogens is 4. The van der Waals surface area contributed by atoms with Gasteiger partial charge in [0.05, 0.1) is 13.7 Å². The minimum atomic E-state index is 0.250. The highest BCUT2D eigenvalue weighted by Crippen LogP contribution is 2.17. The maximum absolute atomic E-state index is 5.72. The van der Waals surface area contributed by atoms with E-state index in [0.717, 1.165) is 0 Å². The summed E-state index contributed by atoms with van der Waals surface area (Å²) in [6.45, 7) is 2.34. The quantitative estimate of drug-likeness (QED) is 0.728. The maximum Gasteiger partial charge on any atom is 0.397 e. The Hall–Kier alpha value is -2.05. The highest BCUT2D eigenvalue weighted by atomic mass is 16.5. The van der Waals surface area contributed by atoms with Gasteiger partial charge in [0.1, 0.15) is 0 Å². The number of H-pyrrole nitrogens is 2. The Morgan fingerprint density at radius 2 is 2.27 bits per heavy atom. The number of hydrogen-bond acceptors (Lipinski definition) is 5. The molecule has 2 rings (SSSR count). The first kappa shape index (κ1) is 9.50. The van der Waals surface area contributed by atoms with Gasteiger partial charge in [-0.1, -0.05) is 0 Å². The molecule has 2 aromatic rings. The van der Waals surface area contributed by atoms with Gasteiger partial charge in [-0.25, -0.2) is 9.97 Å². The van der Waals surface area contributed by atoms with E-state index in [4.69, 9.17) is 15.2 Å². The number of aromatic amines is 2. The molecule has 0 atom stereocenters. The van der Waals surface area contributed by atoms with Crippen molar-refractivity contribution in [3.63, 3.8) is 0 Å². The molecular weight excluding hydrogens is 198 g/mol. The lowest BCUT2D eigenvalue weighted by Crippen LogP contribution is -2.07. The van der Waals surface area contributed by atoms with Crippen LogP contribution in [-0.4, -0.2) is 28.7 Å². The van der Waals surface area contributed by atoms with E-state index in [2.05, 4.69) is 19.9 Å². The molecule has 80 valence electrons. The van der Waals surface area contributed by atoms with E-state index in [1.165, 1.54) is 7.11 Å². The number of rotatable bonds is 3. The summed E-state index contributed by atoms with van der Waals surface area (Å²) < 4.78 is 10.1. The summed E-state index contributed by atoms with van der Waals surface area (Å²) in [5.41, 5.74) is 6.88. The fourth-order valence-electron chi connectivity index (χ4n) is 1.22. The predicted octanol–water partition coefficient (Wildman–Crippen LogP) is -0.239. The highest BCUT2D eigenvalue weighted by molar-refractivity contribution is 5.79. The van der Waals surface area contributed by atoms with Crippen molar-refractivity contribution >= 4 is 17.0 Å². The third kappa shape index (κ3) is 1.63. The van der Waals surface area contributed by atoms with E-state index in [1.807, 2.05) is 6.92 Å². The first-order chi connectivity index (χ1) is 7.24. The summed E-state index contributed by atoms with van der Waals surface area (Å²) in [6.07, 6.45) is 0. The number of imidazole rings is 1. The zero-order valence-electron chi connectivity index (χ0n) is 8.50. The number of nitrogens with two attached hydrogens (primary N) is 1. The first-order valence-electron chi connectivity index (χ1n) is 4.50. The van der Waals surface area contributed by atoms with E-state index in [9.17, 15) is 0 Å². The molecule has 0 saturated carbocycles. The van der Waals surface area contributed by atoms with Gasteiger partial charge in [0.15, 0.2) is 5.82 Å². The summed E-state index contributed by atoms with van der Waals surface area (Å²) in [5, 5.41) is 0. The third-order valence-corrected chi connectivity index (χ3v) is 1.86. The summed E-state index contributed by atoms with van der Waals surface area (Å²) >= 11 is 0. The number of anilines is 1. The molecule has 0 spiro atoms. The molecule has 2 heterocycles. The smallest absolute Gasteiger partial charge is 0.397 e. The van der Waals surface area contributed by atoms with Crippen LogP contribution in [0.3, 0.4) is 0 Å². The molecule has 0 amide bonds. The van der Waals surface area contributed by atoms with Gasteiger partial charge >= 0.3 is 17.7 Å². The molecule has 0 bridgehead atoms. The van der Waals surface area contributed by atoms with Crippen LogP contribution in [0.15, 0.2) is 0 Å². The van der Waals surface area contributed by atoms with Gasteiger partial charge in [-0.15, -0.1) is 0 Å². The van der Waals surface area contributed by atoms with Crippen molar-refractivity contribution in [2.75, 3.05) is 19.5 Å². The van der Waals surface area contributed by atoms with Gasteiger partial charge in [0.2, 0.25) is 5.52 Å². The zero-order valence-corrected chi connectivity index (χ0v) is 8.50. The second-order valence-corrected chi connectivity index (χ2v) is 2.83. The molecule has 2 aromatic heterocycles. The number of nitrogens with zero attached hydrogens (tertiary/aromatic N) is 2. The highest BCUT2D eigenvalue weighted by Gasteiger charge is 2.17. The van der Waals surface area contributed by atoms with Crippen LogP contribution in [0.2, 0.25) is 0 Å². The number of nitrogen functional groups attached to an aromatic ring is 1. The number of nitrogens with one attached hydrogen (secondary N) is 2. The monoisotopic (exact) mass is 210 g/mol. The van der Waals surface area contributed by atoms with Gasteiger partial charge < -0.3 is 15.2 Å². The zero-order chi connectivity index (χ0) is 10.8. The van der Waals surface area contributed by atoms with Gasteiger partial charge in [-0.2, -0.15) is 4.98 Å². The normalized spacial score (nSPS) is 10.5. The van der Waals surface area contributed by atoms with Crippen molar-refractivity contribution in [2.24, 2.45) is 0 Å². The minimum Gasteiger partial charge on any atom is -0.451 e. The Morgan fingerprint density at radius 1 is 1.47 bits per heavy atom. The Labute approximate surface area is 85.6 Å². The number of fused-ring (bicyclic) bond motifs is 1. The molecule has 4 N–H and O–H groups in total. The SMILES string of the molecule is CCOc1nc(N)c2[nH]c(OC)[nH+]c2n1. The van der Waals surface area contributed by atoms with Crippen LogP contribution in [0.1, 0.15) is 6.92 Å². The summed E-state index contributed by atoms with van der Waals surface area (Å²) in [4.78, 5) is 13.9. The van der Waals surface area contributed by atoms with Crippen LogP contribution < -0.4 is 20.2 Å². The van der Waals surface area contributed by atoms with Crippen molar-refractivity contribution in [3.8, 4) is 12.0 Å². The van der Waals surface area contributed by atoms with E-state index < -0.39 is 0 Å².